The van der Waals surface area contributed by atoms with Gasteiger partial charge in [0, 0.05) is 0 Å². The van der Waals surface area contributed by atoms with E-state index < -0.39 is 42.2 Å². The zero-order valence-corrected chi connectivity index (χ0v) is 10.1. The van der Waals surface area contributed by atoms with Gasteiger partial charge in [-0.05, 0) is 5.41 Å². The predicted molar refractivity (Wildman–Crippen MR) is 55.3 cm³/mol. The lowest BCUT2D eigenvalue weighted by atomic mass is 9.76. The Morgan fingerprint density at radius 2 is 1.81 bits per heavy atom. The van der Waals surface area contributed by atoms with Crippen molar-refractivity contribution < 1.29 is 23.7 Å². The molecule has 0 aromatic heterocycles. The van der Waals surface area contributed by atoms with Crippen LogP contribution < -0.4 is 0 Å². The van der Waals surface area contributed by atoms with Crippen LogP contribution in [0.3, 0.4) is 0 Å². The van der Waals surface area contributed by atoms with E-state index in [4.69, 9.17) is 9.84 Å². The molecular weight excluding hydrogens is 218 g/mol. The fourth-order valence-electron chi connectivity index (χ4n) is 2.01. The summed E-state index contributed by atoms with van der Waals surface area (Å²) in [6.07, 6.45) is -3.45. The van der Waals surface area contributed by atoms with Crippen LogP contribution in [-0.2, 0) is 4.74 Å². The largest absolute Gasteiger partial charge is 0.393 e. The minimum absolute atomic E-state index is 0.447. The molecule has 16 heavy (non-hydrogen) atoms. The van der Waals surface area contributed by atoms with E-state index in [9.17, 15) is 13.9 Å². The second kappa shape index (κ2) is 4.20. The normalized spacial score (nSPS) is 39.8. The van der Waals surface area contributed by atoms with Gasteiger partial charge in [0.1, 0.15) is 6.10 Å². The summed E-state index contributed by atoms with van der Waals surface area (Å²) in [6.45, 7) is 5.98. The number of hydrogen-bond donors (Lipinski definition) is 2. The minimum atomic E-state index is -3.20. The van der Waals surface area contributed by atoms with E-state index in [0.717, 1.165) is 0 Å². The maximum atomic E-state index is 13.6. The molecule has 0 spiro atoms. The summed E-state index contributed by atoms with van der Waals surface area (Å²) < 4.78 is 32.4. The molecule has 1 aliphatic heterocycles. The molecule has 5 heteroatoms. The molecule has 3 nitrogen and oxygen atoms in total. The van der Waals surface area contributed by atoms with Crippen LogP contribution in [0.2, 0.25) is 0 Å². The molecule has 0 radical (unpaired) electrons. The Balaban J connectivity index is 2.97. The van der Waals surface area contributed by atoms with Crippen molar-refractivity contribution in [1.82, 2.24) is 0 Å². The van der Waals surface area contributed by atoms with E-state index in [-0.39, 0.29) is 0 Å². The van der Waals surface area contributed by atoms with Crippen molar-refractivity contribution in [3.8, 4) is 0 Å². The van der Waals surface area contributed by atoms with Gasteiger partial charge in [-0.2, -0.15) is 0 Å². The Labute approximate surface area is 94.4 Å². The number of ether oxygens (including phenoxy) is 1. The first-order valence-electron chi connectivity index (χ1n) is 5.44. The lowest BCUT2D eigenvalue weighted by molar-refractivity contribution is -0.289. The third-order valence-electron chi connectivity index (χ3n) is 3.19. The molecule has 0 aromatic carbocycles. The Hall–Kier alpha value is -0.260. The highest BCUT2D eigenvalue weighted by Gasteiger charge is 2.57. The zero-order chi connectivity index (χ0) is 12.7. The molecule has 1 fully saturated rings. The summed E-state index contributed by atoms with van der Waals surface area (Å²) in [6, 6.07) is 0. The standard InChI is InChI=1S/C11H20F2O3/c1-6-8(15)9(10(2,3)4)16-7(5-14)11(6,12)13/h6-9,14-15H,5H2,1-4H3/t6-,7-,8-,9-/m1/s1. The lowest BCUT2D eigenvalue weighted by Crippen LogP contribution is -2.61. The van der Waals surface area contributed by atoms with Gasteiger partial charge in [0.25, 0.3) is 5.92 Å². The topological polar surface area (TPSA) is 49.7 Å². The highest BCUT2D eigenvalue weighted by atomic mass is 19.3. The van der Waals surface area contributed by atoms with E-state index in [1.165, 1.54) is 6.92 Å². The molecule has 0 amide bonds. The van der Waals surface area contributed by atoms with Gasteiger partial charge in [-0.3, -0.25) is 0 Å². The van der Waals surface area contributed by atoms with Gasteiger partial charge in [-0.15, -0.1) is 0 Å². The molecular formula is C11H20F2O3. The van der Waals surface area contributed by atoms with Crippen molar-refractivity contribution in [2.75, 3.05) is 6.61 Å². The van der Waals surface area contributed by atoms with Gasteiger partial charge in [0.05, 0.1) is 24.7 Å². The summed E-state index contributed by atoms with van der Waals surface area (Å²) >= 11 is 0. The molecule has 1 heterocycles. The van der Waals surface area contributed by atoms with E-state index in [1.807, 2.05) is 20.8 Å². The third-order valence-corrected chi connectivity index (χ3v) is 3.19. The summed E-state index contributed by atoms with van der Waals surface area (Å²) in [7, 11) is 0. The molecule has 96 valence electrons. The average Bonchev–Trinajstić information content (AvgIpc) is 2.13. The molecule has 0 aliphatic carbocycles. The maximum absolute atomic E-state index is 13.6. The molecule has 4 atom stereocenters. The first-order chi connectivity index (χ1) is 7.12. The van der Waals surface area contributed by atoms with Crippen LogP contribution in [0.1, 0.15) is 27.7 Å². The quantitative estimate of drug-likeness (QED) is 0.726. The van der Waals surface area contributed by atoms with Crippen molar-refractivity contribution in [3.05, 3.63) is 0 Å². The monoisotopic (exact) mass is 238 g/mol. The smallest absolute Gasteiger partial charge is 0.281 e. The predicted octanol–water partition coefficient (Wildman–Crippen LogP) is 1.42. The summed E-state index contributed by atoms with van der Waals surface area (Å²) in [5, 5.41) is 18.8. The number of alkyl halides is 2. The Morgan fingerprint density at radius 1 is 1.31 bits per heavy atom. The summed E-state index contributed by atoms with van der Waals surface area (Å²) in [4.78, 5) is 0. The van der Waals surface area contributed by atoms with Crippen molar-refractivity contribution in [1.29, 1.82) is 0 Å². The fraction of sp³-hybridized carbons (Fsp3) is 1.00. The molecule has 0 bridgehead atoms. The van der Waals surface area contributed by atoms with E-state index in [2.05, 4.69) is 0 Å². The lowest BCUT2D eigenvalue weighted by Gasteiger charge is -2.47. The number of hydrogen-bond acceptors (Lipinski definition) is 3. The van der Waals surface area contributed by atoms with E-state index in [1.54, 1.807) is 0 Å². The van der Waals surface area contributed by atoms with Crippen LogP contribution in [-0.4, -0.2) is 41.1 Å². The molecule has 0 unspecified atom stereocenters. The van der Waals surface area contributed by atoms with Gasteiger partial charge in [-0.1, -0.05) is 27.7 Å². The zero-order valence-electron chi connectivity index (χ0n) is 10.1. The molecule has 1 aliphatic rings. The first kappa shape index (κ1) is 13.8. The molecule has 1 rings (SSSR count). The van der Waals surface area contributed by atoms with Gasteiger partial charge in [-0.25, -0.2) is 8.78 Å². The second-order valence-electron chi connectivity index (χ2n) is 5.55. The van der Waals surface area contributed by atoms with Crippen molar-refractivity contribution in [2.24, 2.45) is 11.3 Å². The van der Waals surface area contributed by atoms with Gasteiger partial charge < -0.3 is 14.9 Å². The van der Waals surface area contributed by atoms with E-state index in [0.29, 0.717) is 0 Å². The average molecular weight is 238 g/mol. The van der Waals surface area contributed by atoms with Crippen LogP contribution in [0.25, 0.3) is 0 Å². The van der Waals surface area contributed by atoms with Crippen LogP contribution >= 0.6 is 0 Å². The number of halogens is 2. The first-order valence-corrected chi connectivity index (χ1v) is 5.44. The Bertz CT molecular complexity index is 246. The van der Waals surface area contributed by atoms with Crippen molar-refractivity contribution in [3.63, 3.8) is 0 Å². The highest BCUT2D eigenvalue weighted by molar-refractivity contribution is 4.98. The Kier molecular flexibility index (Phi) is 3.62. The number of rotatable bonds is 1. The van der Waals surface area contributed by atoms with Gasteiger partial charge in [0.2, 0.25) is 0 Å². The Morgan fingerprint density at radius 3 is 2.19 bits per heavy atom. The van der Waals surface area contributed by atoms with Crippen LogP contribution in [0, 0.1) is 11.3 Å². The summed E-state index contributed by atoms with van der Waals surface area (Å²) in [5.41, 5.74) is -0.447. The third kappa shape index (κ3) is 2.21. The second-order valence-corrected chi connectivity index (χ2v) is 5.55. The highest BCUT2D eigenvalue weighted by Crippen LogP contribution is 2.43. The number of aliphatic hydroxyl groups is 2. The van der Waals surface area contributed by atoms with Crippen molar-refractivity contribution in [2.45, 2.75) is 51.9 Å². The van der Waals surface area contributed by atoms with Gasteiger partial charge >= 0.3 is 0 Å². The van der Waals surface area contributed by atoms with Crippen LogP contribution in [0.15, 0.2) is 0 Å². The SMILES string of the molecule is C[C@@H]1[C@@H](O)[C@H](C(C)(C)C)O[C@H](CO)C1(F)F. The maximum Gasteiger partial charge on any atom is 0.281 e. The molecule has 0 saturated carbocycles. The molecule has 0 aromatic rings. The molecule has 2 N–H and O–H groups in total. The fourth-order valence-corrected chi connectivity index (χ4v) is 2.01. The van der Waals surface area contributed by atoms with Crippen molar-refractivity contribution >= 4 is 0 Å². The van der Waals surface area contributed by atoms with E-state index >= 15 is 0 Å². The minimum Gasteiger partial charge on any atom is -0.393 e. The molecule has 1 saturated heterocycles. The van der Waals surface area contributed by atoms with Crippen LogP contribution in [0.4, 0.5) is 8.78 Å². The number of aliphatic hydroxyl groups excluding tert-OH is 2. The van der Waals surface area contributed by atoms with Gasteiger partial charge in [0.15, 0.2) is 0 Å². The summed E-state index contributed by atoms with van der Waals surface area (Å²) in [5.74, 6) is -4.42. The van der Waals surface area contributed by atoms with Crippen LogP contribution in [0.5, 0.6) is 0 Å².